The van der Waals surface area contributed by atoms with E-state index in [0.29, 0.717) is 23.4 Å². The molecule has 5 rings (SSSR count). The smallest absolute Gasteiger partial charge is 0.255 e. The van der Waals surface area contributed by atoms with Gasteiger partial charge >= 0.3 is 0 Å². The number of hydrogen-bond acceptors (Lipinski definition) is 2. The maximum Gasteiger partial charge on any atom is 0.255 e. The minimum absolute atomic E-state index is 0.000154. The fourth-order valence-electron chi connectivity index (χ4n) is 3.82. The normalized spacial score (nSPS) is 16.5. The van der Waals surface area contributed by atoms with E-state index in [2.05, 4.69) is 5.32 Å². The van der Waals surface area contributed by atoms with E-state index >= 15 is 0 Å². The summed E-state index contributed by atoms with van der Waals surface area (Å²) in [6.07, 6.45) is 6.85. The average molecular weight is 357 g/mol. The zero-order chi connectivity index (χ0) is 18.2. The lowest BCUT2D eigenvalue weighted by Crippen LogP contribution is -2.38. The number of carbonyl (C=O) groups is 1. The molecule has 0 unspecified atom stereocenters. The highest BCUT2D eigenvalue weighted by molar-refractivity contribution is 6.00. The Bertz CT molecular complexity index is 928. The number of benzene rings is 2. The zero-order valence-corrected chi connectivity index (χ0v) is 15.2. The van der Waals surface area contributed by atoms with Crippen molar-refractivity contribution in [1.82, 2.24) is 15.1 Å². The Kier molecular flexibility index (Phi) is 4.04. The first-order chi connectivity index (χ1) is 13.3. The molecule has 0 saturated heterocycles. The summed E-state index contributed by atoms with van der Waals surface area (Å²) in [4.78, 5) is 13.2. The van der Waals surface area contributed by atoms with E-state index in [9.17, 15) is 4.79 Å². The van der Waals surface area contributed by atoms with Gasteiger partial charge in [0, 0.05) is 17.8 Å². The first-order valence-corrected chi connectivity index (χ1v) is 9.81. The van der Waals surface area contributed by atoms with E-state index in [4.69, 9.17) is 5.10 Å². The first kappa shape index (κ1) is 16.3. The second kappa shape index (κ2) is 6.69. The summed E-state index contributed by atoms with van der Waals surface area (Å²) in [5, 5.41) is 8.10. The van der Waals surface area contributed by atoms with Crippen molar-refractivity contribution in [3.8, 4) is 16.9 Å². The Balaban J connectivity index is 1.51. The van der Waals surface area contributed by atoms with Crippen LogP contribution in [0, 0.1) is 11.8 Å². The van der Waals surface area contributed by atoms with E-state index in [0.717, 1.165) is 16.9 Å². The third-order valence-corrected chi connectivity index (χ3v) is 5.58. The summed E-state index contributed by atoms with van der Waals surface area (Å²) in [7, 11) is 0. The molecule has 136 valence electrons. The molecule has 4 heteroatoms. The Morgan fingerprint density at radius 2 is 1.52 bits per heavy atom. The molecule has 4 nitrogen and oxygen atoms in total. The second-order valence-electron chi connectivity index (χ2n) is 7.71. The van der Waals surface area contributed by atoms with Crippen molar-refractivity contribution < 1.29 is 4.79 Å². The fourth-order valence-corrected chi connectivity index (χ4v) is 3.82. The van der Waals surface area contributed by atoms with E-state index in [1.807, 2.05) is 66.9 Å². The number of hydrogen-bond donors (Lipinski definition) is 1. The van der Waals surface area contributed by atoms with Gasteiger partial charge in [-0.3, -0.25) is 4.79 Å². The van der Waals surface area contributed by atoms with Gasteiger partial charge in [0.05, 0.1) is 11.3 Å². The maximum absolute atomic E-state index is 13.2. The quantitative estimate of drug-likeness (QED) is 0.708. The van der Waals surface area contributed by atoms with Crippen molar-refractivity contribution in [2.45, 2.75) is 31.7 Å². The highest BCUT2D eigenvalue weighted by atomic mass is 16.1. The molecule has 1 amide bonds. The molecule has 0 aliphatic heterocycles. The van der Waals surface area contributed by atoms with Crippen LogP contribution in [0.4, 0.5) is 0 Å². The van der Waals surface area contributed by atoms with Crippen LogP contribution in [0.2, 0.25) is 0 Å². The Labute approximate surface area is 159 Å². The van der Waals surface area contributed by atoms with Crippen LogP contribution in [0.25, 0.3) is 16.9 Å². The van der Waals surface area contributed by atoms with Gasteiger partial charge < -0.3 is 5.32 Å². The molecule has 2 aromatic carbocycles. The molecular weight excluding hydrogens is 334 g/mol. The van der Waals surface area contributed by atoms with Crippen LogP contribution in [-0.4, -0.2) is 21.7 Å². The lowest BCUT2D eigenvalue weighted by atomic mass is 10.0. The molecule has 2 fully saturated rings. The predicted octanol–water partition coefficient (Wildman–Crippen LogP) is 4.46. The number of carbonyl (C=O) groups excluding carboxylic acids is 1. The zero-order valence-electron chi connectivity index (χ0n) is 15.2. The standard InChI is InChI=1S/C23H23N3O/c27-23(24-21(17-11-12-17)18-13-14-18)20-15-26(19-9-5-2-6-10-19)25-22(20)16-7-3-1-4-8-16/h1-10,15,17-18,21H,11-14H2,(H,24,27). The van der Waals surface area contributed by atoms with Crippen LogP contribution in [0.1, 0.15) is 36.0 Å². The molecule has 2 saturated carbocycles. The van der Waals surface area contributed by atoms with Crippen LogP contribution in [0.3, 0.4) is 0 Å². The van der Waals surface area contributed by atoms with Gasteiger partial charge in [-0.05, 0) is 49.7 Å². The summed E-state index contributed by atoms with van der Waals surface area (Å²) in [6.45, 7) is 0. The van der Waals surface area contributed by atoms with Crippen LogP contribution >= 0.6 is 0 Å². The van der Waals surface area contributed by atoms with Crippen LogP contribution in [0.15, 0.2) is 66.9 Å². The number of rotatable bonds is 6. The predicted molar refractivity (Wildman–Crippen MR) is 106 cm³/mol. The molecule has 1 N–H and O–H groups in total. The van der Waals surface area contributed by atoms with E-state index in [1.165, 1.54) is 25.7 Å². The minimum atomic E-state index is -0.000154. The summed E-state index contributed by atoms with van der Waals surface area (Å²) in [5.74, 6) is 1.34. The van der Waals surface area contributed by atoms with E-state index in [1.54, 1.807) is 4.68 Å². The van der Waals surface area contributed by atoms with Crippen molar-refractivity contribution in [3.63, 3.8) is 0 Å². The Morgan fingerprint density at radius 3 is 2.11 bits per heavy atom. The van der Waals surface area contributed by atoms with Crippen molar-refractivity contribution in [3.05, 3.63) is 72.4 Å². The van der Waals surface area contributed by atoms with Gasteiger partial charge in [-0.2, -0.15) is 5.10 Å². The largest absolute Gasteiger partial charge is 0.349 e. The fraction of sp³-hybridized carbons (Fsp3) is 0.304. The summed E-state index contributed by atoms with van der Waals surface area (Å²) >= 11 is 0. The molecule has 0 bridgehead atoms. The average Bonchev–Trinajstić information content (AvgIpc) is 3.65. The first-order valence-electron chi connectivity index (χ1n) is 9.81. The minimum Gasteiger partial charge on any atom is -0.349 e. The second-order valence-corrected chi connectivity index (χ2v) is 7.71. The highest BCUT2D eigenvalue weighted by Gasteiger charge is 2.42. The number of nitrogens with one attached hydrogen (secondary N) is 1. The van der Waals surface area contributed by atoms with Gasteiger partial charge in [0.2, 0.25) is 0 Å². The summed E-state index contributed by atoms with van der Waals surface area (Å²) in [6, 6.07) is 20.2. The molecule has 2 aliphatic rings. The third kappa shape index (κ3) is 3.39. The molecule has 0 atom stereocenters. The van der Waals surface area contributed by atoms with Crippen molar-refractivity contribution in [1.29, 1.82) is 0 Å². The molecule has 1 aromatic heterocycles. The molecule has 0 spiro atoms. The SMILES string of the molecule is O=C(NC(C1CC1)C1CC1)c1cn(-c2ccccc2)nc1-c1ccccc1. The molecule has 3 aromatic rings. The molecule has 2 aliphatic carbocycles. The van der Waals surface area contributed by atoms with Crippen LogP contribution < -0.4 is 5.32 Å². The van der Waals surface area contributed by atoms with Crippen molar-refractivity contribution in [2.75, 3.05) is 0 Å². The number of amides is 1. The van der Waals surface area contributed by atoms with Gasteiger partial charge in [0.1, 0.15) is 5.69 Å². The lowest BCUT2D eigenvalue weighted by Gasteiger charge is -2.17. The number of aromatic nitrogens is 2. The molecular formula is C23H23N3O. The summed E-state index contributed by atoms with van der Waals surface area (Å²) in [5.41, 5.74) is 3.31. The van der Waals surface area contributed by atoms with E-state index in [-0.39, 0.29) is 5.91 Å². The Morgan fingerprint density at radius 1 is 0.926 bits per heavy atom. The topological polar surface area (TPSA) is 46.9 Å². The monoisotopic (exact) mass is 357 g/mol. The van der Waals surface area contributed by atoms with Gasteiger partial charge in [-0.15, -0.1) is 0 Å². The van der Waals surface area contributed by atoms with Gasteiger partial charge in [-0.1, -0.05) is 48.5 Å². The van der Waals surface area contributed by atoms with Gasteiger partial charge in [-0.25, -0.2) is 4.68 Å². The lowest BCUT2D eigenvalue weighted by molar-refractivity contribution is 0.0927. The summed E-state index contributed by atoms with van der Waals surface area (Å²) < 4.78 is 1.81. The van der Waals surface area contributed by atoms with Crippen molar-refractivity contribution in [2.24, 2.45) is 11.8 Å². The van der Waals surface area contributed by atoms with Gasteiger partial charge in [0.25, 0.3) is 5.91 Å². The van der Waals surface area contributed by atoms with Gasteiger partial charge in [0.15, 0.2) is 0 Å². The van der Waals surface area contributed by atoms with Crippen LogP contribution in [-0.2, 0) is 0 Å². The number of nitrogens with zero attached hydrogens (tertiary/aromatic N) is 2. The number of para-hydroxylation sites is 1. The van der Waals surface area contributed by atoms with E-state index < -0.39 is 0 Å². The third-order valence-electron chi connectivity index (χ3n) is 5.58. The Hall–Kier alpha value is -2.88. The van der Waals surface area contributed by atoms with Crippen molar-refractivity contribution >= 4 is 5.91 Å². The molecule has 0 radical (unpaired) electrons. The highest BCUT2D eigenvalue weighted by Crippen LogP contribution is 2.44. The molecule has 27 heavy (non-hydrogen) atoms. The maximum atomic E-state index is 13.2. The molecule has 1 heterocycles. The van der Waals surface area contributed by atoms with Crippen LogP contribution in [0.5, 0.6) is 0 Å².